The molecular formula is C18H21N3O4S2. The van der Waals surface area contributed by atoms with E-state index >= 15 is 0 Å². The van der Waals surface area contributed by atoms with Gasteiger partial charge in [0.05, 0.1) is 0 Å². The van der Waals surface area contributed by atoms with E-state index in [1.54, 1.807) is 46.7 Å². The normalized spacial score (nSPS) is 15.5. The highest BCUT2D eigenvalue weighted by atomic mass is 32.2. The highest BCUT2D eigenvalue weighted by Crippen LogP contribution is 2.20. The number of sulfonamides is 1. The Morgan fingerprint density at radius 3 is 2.52 bits per heavy atom. The first-order valence-corrected chi connectivity index (χ1v) is 10.9. The third kappa shape index (κ3) is 4.94. The van der Waals surface area contributed by atoms with Gasteiger partial charge >= 0.3 is 0 Å². The van der Waals surface area contributed by atoms with Crippen LogP contribution in [0.4, 0.5) is 5.69 Å². The number of anilines is 1. The number of nitrogens with one attached hydrogen (secondary N) is 2. The second-order valence-electron chi connectivity index (χ2n) is 6.38. The molecule has 2 aromatic rings. The smallest absolute Gasteiger partial charge is 0.253 e. The lowest BCUT2D eigenvalue weighted by molar-refractivity contribution is -0.114. The highest BCUT2D eigenvalue weighted by Gasteiger charge is 2.27. The van der Waals surface area contributed by atoms with Crippen molar-refractivity contribution in [3.05, 3.63) is 47.3 Å². The van der Waals surface area contributed by atoms with Crippen molar-refractivity contribution in [3.63, 3.8) is 0 Å². The van der Waals surface area contributed by atoms with E-state index in [1.165, 1.54) is 18.3 Å². The van der Waals surface area contributed by atoms with Gasteiger partial charge in [-0.05, 0) is 42.5 Å². The number of nitrogens with zero attached hydrogens (tertiary/aromatic N) is 1. The third-order valence-corrected chi connectivity index (χ3v) is 7.21. The molecule has 1 aromatic carbocycles. The zero-order valence-electron chi connectivity index (χ0n) is 14.8. The number of hydrogen-bond acceptors (Lipinski definition) is 5. The van der Waals surface area contributed by atoms with E-state index in [4.69, 9.17) is 0 Å². The molecular weight excluding hydrogens is 386 g/mol. The van der Waals surface area contributed by atoms with Crippen LogP contribution in [0.15, 0.2) is 46.0 Å². The Labute approximate surface area is 162 Å². The molecule has 0 saturated carbocycles. The first-order valence-electron chi connectivity index (χ1n) is 8.58. The van der Waals surface area contributed by atoms with E-state index in [-0.39, 0.29) is 17.9 Å². The van der Waals surface area contributed by atoms with Gasteiger partial charge < -0.3 is 10.2 Å². The number of carbonyl (C=O) groups excluding carboxylic acids is 2. The van der Waals surface area contributed by atoms with Crippen LogP contribution in [0, 0.1) is 0 Å². The van der Waals surface area contributed by atoms with Crippen molar-refractivity contribution in [3.8, 4) is 0 Å². The molecule has 0 atom stereocenters. The van der Waals surface area contributed by atoms with Crippen molar-refractivity contribution in [2.45, 2.75) is 30.0 Å². The summed E-state index contributed by atoms with van der Waals surface area (Å²) in [5.41, 5.74) is 1.07. The van der Waals surface area contributed by atoms with Crippen LogP contribution in [0.2, 0.25) is 0 Å². The zero-order valence-corrected chi connectivity index (χ0v) is 16.5. The van der Waals surface area contributed by atoms with Gasteiger partial charge in [0.25, 0.3) is 5.91 Å². The Bertz CT molecular complexity index is 918. The quantitative estimate of drug-likeness (QED) is 0.795. The van der Waals surface area contributed by atoms with Gasteiger partial charge in [0, 0.05) is 37.3 Å². The molecule has 2 N–H and O–H groups in total. The number of piperidine rings is 1. The van der Waals surface area contributed by atoms with Gasteiger partial charge in [-0.3, -0.25) is 9.59 Å². The molecule has 1 saturated heterocycles. The molecule has 7 nitrogen and oxygen atoms in total. The van der Waals surface area contributed by atoms with E-state index in [2.05, 4.69) is 10.0 Å². The second kappa shape index (κ2) is 8.20. The fourth-order valence-electron chi connectivity index (χ4n) is 3.01. The standard InChI is InChI=1S/C18H21N3O4S2/c1-13(22)19-16-5-2-4-14(12-16)18(23)21-9-7-15(8-10-21)20-27(24,25)17-6-3-11-26-17/h2-6,11-12,15,20H,7-10H2,1H3,(H,19,22). The Morgan fingerprint density at radius 2 is 1.89 bits per heavy atom. The fraction of sp³-hybridized carbons (Fsp3) is 0.333. The molecule has 2 heterocycles. The maximum Gasteiger partial charge on any atom is 0.253 e. The first-order chi connectivity index (χ1) is 12.8. The van der Waals surface area contributed by atoms with Gasteiger partial charge in [0.15, 0.2) is 0 Å². The summed E-state index contributed by atoms with van der Waals surface area (Å²) in [6.45, 7) is 2.36. The van der Waals surface area contributed by atoms with Gasteiger partial charge in [-0.15, -0.1) is 11.3 Å². The molecule has 0 aliphatic carbocycles. The van der Waals surface area contributed by atoms with Crippen molar-refractivity contribution in [2.24, 2.45) is 0 Å². The lowest BCUT2D eigenvalue weighted by Crippen LogP contribution is -2.46. The summed E-state index contributed by atoms with van der Waals surface area (Å²) in [7, 11) is -3.50. The average Bonchev–Trinajstić information content (AvgIpc) is 3.17. The maximum absolute atomic E-state index is 12.7. The molecule has 2 amide bonds. The lowest BCUT2D eigenvalue weighted by atomic mass is 10.0. The van der Waals surface area contributed by atoms with Crippen LogP contribution < -0.4 is 10.0 Å². The van der Waals surface area contributed by atoms with E-state index in [0.29, 0.717) is 41.4 Å². The van der Waals surface area contributed by atoms with Crippen molar-refractivity contribution in [1.29, 1.82) is 0 Å². The summed E-state index contributed by atoms with van der Waals surface area (Å²) in [5.74, 6) is -0.319. The summed E-state index contributed by atoms with van der Waals surface area (Å²) >= 11 is 1.18. The monoisotopic (exact) mass is 407 g/mol. The van der Waals surface area contributed by atoms with E-state index in [1.807, 2.05) is 0 Å². The number of thiophene rings is 1. The molecule has 0 radical (unpaired) electrons. The lowest BCUT2D eigenvalue weighted by Gasteiger charge is -2.32. The number of carbonyl (C=O) groups is 2. The molecule has 144 valence electrons. The van der Waals surface area contributed by atoms with Crippen molar-refractivity contribution in [2.75, 3.05) is 18.4 Å². The minimum absolute atomic E-state index is 0.123. The maximum atomic E-state index is 12.7. The minimum Gasteiger partial charge on any atom is -0.339 e. The molecule has 0 spiro atoms. The Balaban J connectivity index is 1.59. The van der Waals surface area contributed by atoms with Crippen molar-refractivity contribution < 1.29 is 18.0 Å². The van der Waals surface area contributed by atoms with Crippen LogP contribution in [0.25, 0.3) is 0 Å². The van der Waals surface area contributed by atoms with Gasteiger partial charge in [-0.25, -0.2) is 13.1 Å². The van der Waals surface area contributed by atoms with Crippen LogP contribution in [0.5, 0.6) is 0 Å². The van der Waals surface area contributed by atoms with E-state index in [0.717, 1.165) is 0 Å². The summed E-state index contributed by atoms with van der Waals surface area (Å²) < 4.78 is 27.6. The van der Waals surface area contributed by atoms with Crippen LogP contribution in [-0.2, 0) is 14.8 Å². The molecule has 1 aliphatic rings. The number of likely N-dealkylation sites (tertiary alicyclic amines) is 1. The number of amides is 2. The number of hydrogen-bond donors (Lipinski definition) is 2. The summed E-state index contributed by atoms with van der Waals surface area (Å²) in [6.07, 6.45) is 1.11. The molecule has 1 aromatic heterocycles. The second-order valence-corrected chi connectivity index (χ2v) is 9.27. The van der Waals surface area contributed by atoms with Crippen molar-refractivity contribution in [1.82, 2.24) is 9.62 Å². The highest BCUT2D eigenvalue weighted by molar-refractivity contribution is 7.91. The Morgan fingerprint density at radius 1 is 1.15 bits per heavy atom. The molecule has 0 bridgehead atoms. The number of rotatable bonds is 5. The molecule has 9 heteroatoms. The SMILES string of the molecule is CC(=O)Nc1cccc(C(=O)N2CCC(NS(=O)(=O)c3cccs3)CC2)c1. The topological polar surface area (TPSA) is 95.6 Å². The summed E-state index contributed by atoms with van der Waals surface area (Å²) in [5, 5.41) is 4.39. The predicted octanol–water partition coefficient (Wildman–Crippen LogP) is 2.29. The molecule has 3 rings (SSSR count). The Kier molecular flexibility index (Phi) is 5.93. The van der Waals surface area contributed by atoms with E-state index < -0.39 is 10.0 Å². The van der Waals surface area contributed by atoms with Crippen LogP contribution in [-0.4, -0.2) is 44.3 Å². The predicted molar refractivity (Wildman–Crippen MR) is 104 cm³/mol. The van der Waals surface area contributed by atoms with Gasteiger partial charge in [-0.1, -0.05) is 12.1 Å². The first kappa shape index (κ1) is 19.5. The summed E-state index contributed by atoms with van der Waals surface area (Å²) in [6, 6.07) is 9.90. The molecule has 1 fully saturated rings. The summed E-state index contributed by atoms with van der Waals surface area (Å²) in [4.78, 5) is 25.6. The number of benzene rings is 1. The third-order valence-electron chi connectivity index (χ3n) is 4.29. The fourth-order valence-corrected chi connectivity index (χ4v) is 5.32. The average molecular weight is 408 g/mol. The van der Waals surface area contributed by atoms with E-state index in [9.17, 15) is 18.0 Å². The van der Waals surface area contributed by atoms with Crippen molar-refractivity contribution >= 4 is 38.9 Å². The van der Waals surface area contributed by atoms with Gasteiger partial charge in [0.1, 0.15) is 4.21 Å². The van der Waals surface area contributed by atoms with Crippen LogP contribution in [0.1, 0.15) is 30.1 Å². The van der Waals surface area contributed by atoms with Crippen LogP contribution in [0.3, 0.4) is 0 Å². The minimum atomic E-state index is -3.50. The van der Waals surface area contributed by atoms with Crippen LogP contribution >= 0.6 is 11.3 Å². The van der Waals surface area contributed by atoms with Gasteiger partial charge in [-0.2, -0.15) is 0 Å². The van der Waals surface area contributed by atoms with Gasteiger partial charge in [0.2, 0.25) is 15.9 Å². The largest absolute Gasteiger partial charge is 0.339 e. The Hall–Kier alpha value is -2.23. The molecule has 1 aliphatic heterocycles. The molecule has 0 unspecified atom stereocenters. The zero-order chi connectivity index (χ0) is 19.4. The molecule has 27 heavy (non-hydrogen) atoms.